The highest BCUT2D eigenvalue weighted by Gasteiger charge is 2.08. The monoisotopic (exact) mass is 242 g/mol. The zero-order valence-electron chi connectivity index (χ0n) is 9.87. The third-order valence-corrected chi connectivity index (χ3v) is 3.35. The number of benzene rings is 1. The van der Waals surface area contributed by atoms with Crippen LogP contribution in [-0.4, -0.2) is 23.2 Å². The lowest BCUT2D eigenvalue weighted by Crippen LogP contribution is -2.11. The summed E-state index contributed by atoms with van der Waals surface area (Å²) in [5.74, 6) is 0.844. The first-order valence-electron chi connectivity index (χ1n) is 5.55. The number of thioether (sulfide) groups is 1. The number of halogens is 1. The maximum atomic E-state index is 13.0. The summed E-state index contributed by atoms with van der Waals surface area (Å²) >= 11 is 1.78. The lowest BCUT2D eigenvalue weighted by Gasteiger charge is -2.12. The van der Waals surface area contributed by atoms with E-state index in [-0.39, 0.29) is 11.9 Å². The Balaban J connectivity index is 2.48. The molecule has 0 amide bonds. The van der Waals surface area contributed by atoms with Crippen LogP contribution in [0.25, 0.3) is 0 Å². The molecular weight excluding hydrogens is 223 g/mol. The summed E-state index contributed by atoms with van der Waals surface area (Å²) < 4.78 is 13.0. The molecule has 0 aliphatic carbocycles. The number of hydrogen-bond acceptors (Lipinski definition) is 2. The van der Waals surface area contributed by atoms with Crippen LogP contribution < -0.4 is 0 Å². The number of aliphatic hydroxyl groups excluding tert-OH is 1. The Morgan fingerprint density at radius 3 is 2.88 bits per heavy atom. The van der Waals surface area contributed by atoms with Crippen molar-refractivity contribution >= 4 is 11.8 Å². The van der Waals surface area contributed by atoms with Crippen molar-refractivity contribution in [3.63, 3.8) is 0 Å². The summed E-state index contributed by atoms with van der Waals surface area (Å²) in [7, 11) is 0. The van der Waals surface area contributed by atoms with E-state index in [4.69, 9.17) is 0 Å². The molecule has 0 spiro atoms. The molecule has 0 radical (unpaired) electrons. The summed E-state index contributed by atoms with van der Waals surface area (Å²) in [6.07, 6.45) is 4.06. The molecule has 3 heteroatoms. The van der Waals surface area contributed by atoms with E-state index >= 15 is 0 Å². The first kappa shape index (κ1) is 13.5. The van der Waals surface area contributed by atoms with Gasteiger partial charge in [0.2, 0.25) is 0 Å². The Morgan fingerprint density at radius 1 is 1.44 bits per heavy atom. The highest BCUT2D eigenvalue weighted by atomic mass is 32.2. The van der Waals surface area contributed by atoms with Crippen LogP contribution in [0.2, 0.25) is 0 Å². The SMILES string of the molecule is CSCCCC(O)Cc1cc(F)ccc1C. The van der Waals surface area contributed by atoms with Gasteiger partial charge in [0.25, 0.3) is 0 Å². The molecule has 0 aliphatic rings. The Kier molecular flexibility index (Phi) is 5.85. The molecule has 16 heavy (non-hydrogen) atoms. The molecule has 1 N–H and O–H groups in total. The third kappa shape index (κ3) is 4.54. The first-order valence-corrected chi connectivity index (χ1v) is 6.95. The molecule has 1 aromatic rings. The van der Waals surface area contributed by atoms with Gasteiger partial charge in [-0.15, -0.1) is 0 Å². The zero-order valence-corrected chi connectivity index (χ0v) is 10.7. The van der Waals surface area contributed by atoms with E-state index in [0.29, 0.717) is 6.42 Å². The smallest absolute Gasteiger partial charge is 0.123 e. The van der Waals surface area contributed by atoms with Crippen LogP contribution in [0, 0.1) is 12.7 Å². The lowest BCUT2D eigenvalue weighted by atomic mass is 10.0. The van der Waals surface area contributed by atoms with E-state index < -0.39 is 0 Å². The van der Waals surface area contributed by atoms with Crippen molar-refractivity contribution in [3.05, 3.63) is 35.1 Å². The van der Waals surface area contributed by atoms with Gasteiger partial charge in [-0.1, -0.05) is 6.07 Å². The van der Waals surface area contributed by atoms with Gasteiger partial charge < -0.3 is 5.11 Å². The largest absolute Gasteiger partial charge is 0.393 e. The molecule has 1 atom stereocenters. The molecule has 0 bridgehead atoms. The average molecular weight is 242 g/mol. The van der Waals surface area contributed by atoms with Crippen LogP contribution in [0.5, 0.6) is 0 Å². The minimum atomic E-state index is -0.354. The van der Waals surface area contributed by atoms with Crippen LogP contribution in [0.15, 0.2) is 18.2 Å². The Morgan fingerprint density at radius 2 is 2.19 bits per heavy atom. The molecule has 0 aliphatic heterocycles. The van der Waals surface area contributed by atoms with E-state index in [1.165, 1.54) is 12.1 Å². The van der Waals surface area contributed by atoms with Crippen molar-refractivity contribution in [3.8, 4) is 0 Å². The highest BCUT2D eigenvalue weighted by molar-refractivity contribution is 7.98. The molecule has 0 fully saturated rings. The molecule has 1 rings (SSSR count). The topological polar surface area (TPSA) is 20.2 Å². The van der Waals surface area contributed by atoms with Gasteiger partial charge in [0.15, 0.2) is 0 Å². The fourth-order valence-electron chi connectivity index (χ4n) is 1.68. The predicted molar refractivity (Wildman–Crippen MR) is 68.5 cm³/mol. The molecule has 1 nitrogen and oxygen atoms in total. The standard InChI is InChI=1S/C13H19FOS/c1-10-5-6-12(14)8-11(10)9-13(15)4-3-7-16-2/h5-6,8,13,15H,3-4,7,9H2,1-2H3. The minimum Gasteiger partial charge on any atom is -0.393 e. The van der Waals surface area contributed by atoms with Crippen LogP contribution in [0.3, 0.4) is 0 Å². The fourth-order valence-corrected chi connectivity index (χ4v) is 2.13. The Bertz CT molecular complexity index is 328. The van der Waals surface area contributed by atoms with E-state index in [1.54, 1.807) is 17.8 Å². The Labute approximate surface area is 101 Å². The van der Waals surface area contributed by atoms with E-state index in [2.05, 4.69) is 6.26 Å². The van der Waals surface area contributed by atoms with Gasteiger partial charge in [0, 0.05) is 0 Å². The van der Waals surface area contributed by atoms with Crippen molar-refractivity contribution in [2.75, 3.05) is 12.0 Å². The van der Waals surface area contributed by atoms with E-state index in [9.17, 15) is 9.50 Å². The molecule has 90 valence electrons. The summed E-state index contributed by atoms with van der Waals surface area (Å²) in [5, 5.41) is 9.81. The van der Waals surface area contributed by atoms with E-state index in [1.807, 2.05) is 6.92 Å². The van der Waals surface area contributed by atoms with Crippen LogP contribution in [0.4, 0.5) is 4.39 Å². The molecule has 0 saturated heterocycles. The molecular formula is C13H19FOS. The fraction of sp³-hybridized carbons (Fsp3) is 0.538. The summed E-state index contributed by atoms with van der Waals surface area (Å²) in [4.78, 5) is 0. The predicted octanol–water partition coefficient (Wildman–Crippen LogP) is 3.18. The van der Waals surface area contributed by atoms with Crippen molar-refractivity contribution < 1.29 is 9.50 Å². The lowest BCUT2D eigenvalue weighted by molar-refractivity contribution is 0.164. The van der Waals surface area contributed by atoms with Gasteiger partial charge in [-0.2, -0.15) is 11.8 Å². The maximum Gasteiger partial charge on any atom is 0.123 e. The molecule has 1 aromatic carbocycles. The number of rotatable bonds is 6. The second kappa shape index (κ2) is 6.92. The zero-order chi connectivity index (χ0) is 12.0. The number of aryl methyl sites for hydroxylation is 1. The van der Waals surface area contributed by atoms with Gasteiger partial charge >= 0.3 is 0 Å². The van der Waals surface area contributed by atoms with Crippen molar-refractivity contribution in [2.24, 2.45) is 0 Å². The number of hydrogen-bond donors (Lipinski definition) is 1. The highest BCUT2D eigenvalue weighted by Crippen LogP contribution is 2.14. The van der Waals surface area contributed by atoms with E-state index in [0.717, 1.165) is 29.7 Å². The average Bonchev–Trinajstić information content (AvgIpc) is 2.24. The third-order valence-electron chi connectivity index (χ3n) is 2.65. The molecule has 0 aromatic heterocycles. The Hall–Kier alpha value is -0.540. The van der Waals surface area contributed by atoms with Gasteiger partial charge in [0.1, 0.15) is 5.82 Å². The summed E-state index contributed by atoms with van der Waals surface area (Å²) in [5.41, 5.74) is 1.96. The molecule has 0 saturated carbocycles. The van der Waals surface area contributed by atoms with Crippen LogP contribution >= 0.6 is 11.8 Å². The second-order valence-electron chi connectivity index (χ2n) is 4.06. The van der Waals surface area contributed by atoms with Crippen LogP contribution in [0.1, 0.15) is 24.0 Å². The molecule has 1 unspecified atom stereocenters. The number of aliphatic hydroxyl groups is 1. The minimum absolute atomic E-state index is 0.225. The van der Waals surface area contributed by atoms with Crippen molar-refractivity contribution in [2.45, 2.75) is 32.3 Å². The second-order valence-corrected chi connectivity index (χ2v) is 5.05. The van der Waals surface area contributed by atoms with Gasteiger partial charge in [0.05, 0.1) is 6.10 Å². The first-order chi connectivity index (χ1) is 7.63. The van der Waals surface area contributed by atoms with Crippen molar-refractivity contribution in [1.29, 1.82) is 0 Å². The molecule has 0 heterocycles. The van der Waals surface area contributed by atoms with Gasteiger partial charge in [-0.25, -0.2) is 4.39 Å². The summed E-state index contributed by atoms with van der Waals surface area (Å²) in [6.45, 7) is 1.95. The quantitative estimate of drug-likeness (QED) is 0.773. The van der Waals surface area contributed by atoms with Gasteiger partial charge in [-0.05, 0) is 61.5 Å². The van der Waals surface area contributed by atoms with Crippen LogP contribution in [-0.2, 0) is 6.42 Å². The maximum absolute atomic E-state index is 13.0. The summed E-state index contributed by atoms with van der Waals surface area (Å²) in [6, 6.07) is 4.74. The van der Waals surface area contributed by atoms with Gasteiger partial charge in [-0.3, -0.25) is 0 Å². The normalized spacial score (nSPS) is 12.8. The van der Waals surface area contributed by atoms with Crippen molar-refractivity contribution in [1.82, 2.24) is 0 Å².